The monoisotopic (exact) mass is 198 g/mol. The number of carboxylic acid groups (broad SMARTS) is 1. The molecule has 1 atom stereocenters. The standard InChI is InChI=1S/C11H18O3/c1-2-3-4-5-6-7-8-10(12)9-11(13)14/h3-4,7-8,10,12H,2,5-6,9H2,1H3,(H,13,14)/b4-3-,8-7+. The molecular formula is C11H18O3. The van der Waals surface area contributed by atoms with Crippen molar-refractivity contribution in [1.29, 1.82) is 0 Å². The largest absolute Gasteiger partial charge is 0.481 e. The van der Waals surface area contributed by atoms with E-state index in [0.29, 0.717) is 0 Å². The second-order valence-electron chi connectivity index (χ2n) is 3.05. The van der Waals surface area contributed by atoms with Crippen LogP contribution in [0.5, 0.6) is 0 Å². The molecule has 0 aromatic rings. The molecule has 3 heteroatoms. The van der Waals surface area contributed by atoms with Gasteiger partial charge in [-0.3, -0.25) is 4.79 Å². The average Bonchev–Trinajstić information content (AvgIpc) is 2.10. The molecule has 0 fully saturated rings. The lowest BCUT2D eigenvalue weighted by molar-refractivity contribution is -0.138. The molecule has 0 saturated carbocycles. The Labute approximate surface area is 84.8 Å². The Bertz CT molecular complexity index is 207. The Hall–Kier alpha value is -1.09. The summed E-state index contributed by atoms with van der Waals surface area (Å²) in [5, 5.41) is 17.5. The Morgan fingerprint density at radius 1 is 1.29 bits per heavy atom. The van der Waals surface area contributed by atoms with E-state index in [1.807, 2.05) is 6.08 Å². The number of aliphatic hydroxyl groups is 1. The highest BCUT2D eigenvalue weighted by Gasteiger charge is 2.03. The fraction of sp³-hybridized carbons (Fsp3) is 0.545. The summed E-state index contributed by atoms with van der Waals surface area (Å²) in [5.74, 6) is -0.979. The van der Waals surface area contributed by atoms with Gasteiger partial charge in [0, 0.05) is 0 Å². The molecule has 0 aromatic carbocycles. The van der Waals surface area contributed by atoms with Gasteiger partial charge in [0.1, 0.15) is 0 Å². The lowest BCUT2D eigenvalue weighted by Gasteiger charge is -1.99. The van der Waals surface area contributed by atoms with E-state index in [0.717, 1.165) is 19.3 Å². The second-order valence-corrected chi connectivity index (χ2v) is 3.05. The molecule has 0 aromatic heterocycles. The fourth-order valence-corrected chi connectivity index (χ4v) is 0.977. The Kier molecular flexibility index (Phi) is 7.84. The summed E-state index contributed by atoms with van der Waals surface area (Å²) in [6.07, 6.45) is 9.24. The van der Waals surface area contributed by atoms with Crippen molar-refractivity contribution in [3.63, 3.8) is 0 Å². The maximum Gasteiger partial charge on any atom is 0.306 e. The SMILES string of the molecule is CC/C=C\CC/C=C/C(O)CC(=O)O. The predicted octanol–water partition coefficient (Wildman–Crippen LogP) is 2.12. The van der Waals surface area contributed by atoms with Crippen LogP contribution in [0.15, 0.2) is 24.3 Å². The molecular weight excluding hydrogens is 180 g/mol. The van der Waals surface area contributed by atoms with Gasteiger partial charge >= 0.3 is 5.97 Å². The van der Waals surface area contributed by atoms with Crippen molar-refractivity contribution >= 4 is 5.97 Å². The summed E-state index contributed by atoms with van der Waals surface area (Å²) in [4.78, 5) is 10.2. The number of hydrogen-bond donors (Lipinski definition) is 2. The van der Waals surface area contributed by atoms with Crippen molar-refractivity contribution < 1.29 is 15.0 Å². The molecule has 0 rings (SSSR count). The smallest absolute Gasteiger partial charge is 0.306 e. The van der Waals surface area contributed by atoms with Crippen LogP contribution >= 0.6 is 0 Å². The third kappa shape index (κ3) is 9.00. The van der Waals surface area contributed by atoms with Crippen LogP contribution in [0.4, 0.5) is 0 Å². The molecule has 80 valence electrons. The molecule has 1 unspecified atom stereocenters. The van der Waals surface area contributed by atoms with Gasteiger partial charge < -0.3 is 10.2 Å². The van der Waals surface area contributed by atoms with Gasteiger partial charge in [0.25, 0.3) is 0 Å². The molecule has 3 nitrogen and oxygen atoms in total. The minimum Gasteiger partial charge on any atom is -0.481 e. The van der Waals surface area contributed by atoms with Gasteiger partial charge in [0.2, 0.25) is 0 Å². The predicted molar refractivity (Wildman–Crippen MR) is 56.1 cm³/mol. The van der Waals surface area contributed by atoms with Gasteiger partial charge in [-0.05, 0) is 19.3 Å². The summed E-state index contributed by atoms with van der Waals surface area (Å²) in [5.41, 5.74) is 0. The Morgan fingerprint density at radius 2 is 1.93 bits per heavy atom. The Balaban J connectivity index is 3.51. The van der Waals surface area contributed by atoms with Crippen molar-refractivity contribution in [2.45, 2.75) is 38.7 Å². The first-order valence-electron chi connectivity index (χ1n) is 4.88. The number of unbranched alkanes of at least 4 members (excludes halogenated alkanes) is 1. The summed E-state index contributed by atoms with van der Waals surface area (Å²) >= 11 is 0. The van der Waals surface area contributed by atoms with Crippen LogP contribution in [0.2, 0.25) is 0 Å². The zero-order valence-electron chi connectivity index (χ0n) is 8.52. The van der Waals surface area contributed by atoms with E-state index in [9.17, 15) is 4.79 Å². The molecule has 0 heterocycles. The number of rotatable bonds is 7. The van der Waals surface area contributed by atoms with Crippen molar-refractivity contribution in [2.75, 3.05) is 0 Å². The first kappa shape index (κ1) is 12.9. The molecule has 14 heavy (non-hydrogen) atoms. The van der Waals surface area contributed by atoms with E-state index in [1.54, 1.807) is 0 Å². The van der Waals surface area contributed by atoms with E-state index >= 15 is 0 Å². The molecule has 0 aliphatic heterocycles. The zero-order valence-corrected chi connectivity index (χ0v) is 8.52. The average molecular weight is 198 g/mol. The quantitative estimate of drug-likeness (QED) is 0.486. The van der Waals surface area contributed by atoms with Crippen LogP contribution in [0.1, 0.15) is 32.6 Å². The molecule has 0 radical (unpaired) electrons. The second kappa shape index (κ2) is 8.51. The molecule has 0 bridgehead atoms. The number of allylic oxidation sites excluding steroid dienone is 3. The molecule has 0 saturated heterocycles. The van der Waals surface area contributed by atoms with E-state index in [4.69, 9.17) is 10.2 Å². The number of hydrogen-bond acceptors (Lipinski definition) is 2. The van der Waals surface area contributed by atoms with Crippen LogP contribution in [0.3, 0.4) is 0 Å². The lowest BCUT2D eigenvalue weighted by Crippen LogP contribution is -2.09. The van der Waals surface area contributed by atoms with Gasteiger partial charge in [0.05, 0.1) is 12.5 Å². The summed E-state index contributed by atoms with van der Waals surface area (Å²) in [6, 6.07) is 0. The molecule has 0 amide bonds. The highest BCUT2D eigenvalue weighted by Crippen LogP contribution is 1.98. The minimum atomic E-state index is -0.979. The number of aliphatic hydroxyl groups excluding tert-OH is 1. The normalized spacial score (nSPS) is 13.9. The first-order valence-corrected chi connectivity index (χ1v) is 4.88. The van der Waals surface area contributed by atoms with Gasteiger partial charge in [-0.1, -0.05) is 31.2 Å². The Morgan fingerprint density at radius 3 is 2.50 bits per heavy atom. The number of aliphatic carboxylic acids is 1. The maximum absolute atomic E-state index is 10.2. The van der Waals surface area contributed by atoms with Gasteiger partial charge in [0.15, 0.2) is 0 Å². The fourth-order valence-electron chi connectivity index (χ4n) is 0.977. The summed E-state index contributed by atoms with van der Waals surface area (Å²) in [7, 11) is 0. The molecule has 2 N–H and O–H groups in total. The lowest BCUT2D eigenvalue weighted by atomic mass is 10.2. The van der Waals surface area contributed by atoms with E-state index < -0.39 is 12.1 Å². The van der Waals surface area contributed by atoms with Crippen LogP contribution in [0.25, 0.3) is 0 Å². The maximum atomic E-state index is 10.2. The molecule has 0 aliphatic carbocycles. The van der Waals surface area contributed by atoms with Gasteiger partial charge in [-0.2, -0.15) is 0 Å². The topological polar surface area (TPSA) is 57.5 Å². The van der Waals surface area contributed by atoms with Crippen molar-refractivity contribution in [1.82, 2.24) is 0 Å². The van der Waals surface area contributed by atoms with E-state index in [2.05, 4.69) is 19.1 Å². The molecule has 0 spiro atoms. The number of carbonyl (C=O) groups is 1. The summed E-state index contributed by atoms with van der Waals surface area (Å²) in [6.45, 7) is 2.07. The first-order chi connectivity index (χ1) is 6.66. The molecule has 0 aliphatic rings. The van der Waals surface area contributed by atoms with Crippen molar-refractivity contribution in [3.05, 3.63) is 24.3 Å². The zero-order chi connectivity index (χ0) is 10.8. The van der Waals surface area contributed by atoms with Crippen LogP contribution < -0.4 is 0 Å². The van der Waals surface area contributed by atoms with Crippen LogP contribution in [0, 0.1) is 0 Å². The summed E-state index contributed by atoms with van der Waals surface area (Å²) < 4.78 is 0. The minimum absolute atomic E-state index is 0.221. The highest BCUT2D eigenvalue weighted by molar-refractivity contribution is 5.67. The third-order valence-corrected chi connectivity index (χ3v) is 1.64. The van der Waals surface area contributed by atoms with Gasteiger partial charge in [-0.25, -0.2) is 0 Å². The van der Waals surface area contributed by atoms with E-state index in [-0.39, 0.29) is 6.42 Å². The van der Waals surface area contributed by atoms with Crippen LogP contribution in [-0.4, -0.2) is 22.3 Å². The van der Waals surface area contributed by atoms with Crippen LogP contribution in [-0.2, 0) is 4.79 Å². The highest BCUT2D eigenvalue weighted by atomic mass is 16.4. The van der Waals surface area contributed by atoms with E-state index in [1.165, 1.54) is 6.08 Å². The number of carboxylic acids is 1. The van der Waals surface area contributed by atoms with Crippen molar-refractivity contribution in [3.8, 4) is 0 Å². The third-order valence-electron chi connectivity index (χ3n) is 1.64. The van der Waals surface area contributed by atoms with Gasteiger partial charge in [-0.15, -0.1) is 0 Å². The van der Waals surface area contributed by atoms with Crippen molar-refractivity contribution in [2.24, 2.45) is 0 Å².